The van der Waals surface area contributed by atoms with Crippen molar-refractivity contribution < 1.29 is 49.6 Å². The first-order valence-corrected chi connectivity index (χ1v) is 14.4. The highest BCUT2D eigenvalue weighted by Crippen LogP contribution is 2.33. The predicted octanol–water partition coefficient (Wildman–Crippen LogP) is -6.51. The van der Waals surface area contributed by atoms with Crippen molar-refractivity contribution in [3.8, 4) is 0 Å². The minimum atomic E-state index is -1.46. The third kappa shape index (κ3) is 8.76. The Kier molecular flexibility index (Phi) is 13.0. The van der Waals surface area contributed by atoms with Crippen molar-refractivity contribution in [3.63, 3.8) is 0 Å². The molecule has 0 bridgehead atoms. The van der Waals surface area contributed by atoms with Gasteiger partial charge < -0.3 is 83.6 Å². The number of hydrogen-bond donors (Lipinski definition) is 12. The van der Waals surface area contributed by atoms with Gasteiger partial charge in [0, 0.05) is 12.6 Å². The van der Waals surface area contributed by atoms with E-state index in [-0.39, 0.29) is 37.8 Å². The van der Waals surface area contributed by atoms with E-state index in [0.717, 1.165) is 0 Å². The average molecular weight is 623 g/mol. The van der Waals surface area contributed by atoms with E-state index in [4.69, 9.17) is 52.7 Å². The number of amidine groups is 2. The second-order valence-corrected chi connectivity index (χ2v) is 11.6. The molecule has 0 amide bonds. The molecule has 14 atom stereocenters. The number of ether oxygens (including phenoxy) is 4. The Bertz CT molecular complexity index is 948. The summed E-state index contributed by atoms with van der Waals surface area (Å²) in [5, 5.41) is 64.8. The zero-order chi connectivity index (χ0) is 32.1. The molecule has 0 aromatic rings. The molecule has 0 radical (unpaired) electrons. The third-order valence-corrected chi connectivity index (χ3v) is 8.08. The molecule has 1 aliphatic carbocycles. The molecular weight excluding hydrogens is 572 g/mol. The largest absolute Gasteiger partial charge is 0.393 e. The first kappa shape index (κ1) is 35.9. The van der Waals surface area contributed by atoms with Crippen molar-refractivity contribution in [2.45, 2.75) is 111 Å². The fourth-order valence-corrected chi connectivity index (χ4v) is 5.51. The van der Waals surface area contributed by atoms with Crippen molar-refractivity contribution >= 4 is 11.7 Å². The summed E-state index contributed by atoms with van der Waals surface area (Å²) in [6, 6.07) is -3.12. The van der Waals surface area contributed by atoms with E-state index >= 15 is 0 Å². The summed E-state index contributed by atoms with van der Waals surface area (Å²) in [5.74, 6) is -0.324. The molecule has 2 unspecified atom stereocenters. The molecule has 2 saturated heterocycles. The third-order valence-electron chi connectivity index (χ3n) is 8.08. The van der Waals surface area contributed by atoms with Gasteiger partial charge in [-0.15, -0.1) is 0 Å². The molecule has 0 aromatic carbocycles. The SMILES string of the molecule is CN[C@@H]1[C@@H](O)[C@@H](O[C@@H]2[C@@H](O)[C@H](O[C@H]3O[C@H](CN=C(N)C(O)CO)CC[C@H]3N)[C@@H](N)C[C@H]2N=C(N)C(O)CN)OC[C@]1(C)O. The number of aliphatic imine (C=N–C) groups is 2. The van der Waals surface area contributed by atoms with Gasteiger partial charge in [-0.05, 0) is 33.2 Å². The van der Waals surface area contributed by atoms with Crippen LogP contribution in [-0.2, 0) is 18.9 Å². The molecule has 2 heterocycles. The van der Waals surface area contributed by atoms with E-state index in [9.17, 15) is 25.5 Å². The highest BCUT2D eigenvalue weighted by molar-refractivity contribution is 5.85. The van der Waals surface area contributed by atoms with E-state index < -0.39 is 91.7 Å². The summed E-state index contributed by atoms with van der Waals surface area (Å²) in [4.78, 5) is 8.41. The van der Waals surface area contributed by atoms with Gasteiger partial charge in [-0.25, -0.2) is 0 Å². The number of nitrogens with zero attached hydrogens (tertiary/aromatic N) is 2. The standard InChI is InChI=1S/C25H50N8O10/c1-25(39)9-40-24(17(38)20(25)31-2)43-19-13(33-22(30)14(35)6-26)5-12(28)18(16(19)37)42-23-11(27)4-3-10(41-23)7-32-21(29)15(36)8-34/h10-20,23-24,31,34-39H,3-9,26-28H2,1-2H3,(H2,29,32)(H2,30,33)/t10-,11+,12-,13+,14?,15?,16-,17+,18+,19-,20+,23+,24+,25-/m0/s1. The van der Waals surface area contributed by atoms with Crippen LogP contribution in [0.2, 0.25) is 0 Å². The van der Waals surface area contributed by atoms with Crippen LogP contribution in [0.1, 0.15) is 26.2 Å². The van der Waals surface area contributed by atoms with Gasteiger partial charge in [0.2, 0.25) is 0 Å². The molecule has 43 heavy (non-hydrogen) atoms. The van der Waals surface area contributed by atoms with Crippen LogP contribution < -0.4 is 34.0 Å². The summed E-state index contributed by atoms with van der Waals surface area (Å²) in [6.07, 6.45) is -9.33. The Morgan fingerprint density at radius 2 is 1.70 bits per heavy atom. The maximum atomic E-state index is 11.6. The van der Waals surface area contributed by atoms with Gasteiger partial charge in [0.15, 0.2) is 12.6 Å². The maximum absolute atomic E-state index is 11.6. The van der Waals surface area contributed by atoms with Crippen molar-refractivity contribution in [2.75, 3.05) is 33.4 Å². The van der Waals surface area contributed by atoms with E-state index in [1.165, 1.54) is 6.92 Å². The van der Waals surface area contributed by atoms with Gasteiger partial charge in [-0.3, -0.25) is 9.98 Å². The lowest BCUT2D eigenvalue weighted by atomic mass is 9.83. The minimum absolute atomic E-state index is 0.0750. The molecule has 3 aliphatic rings. The zero-order valence-electron chi connectivity index (χ0n) is 24.6. The molecule has 3 rings (SSSR count). The van der Waals surface area contributed by atoms with E-state index in [2.05, 4.69) is 15.3 Å². The molecule has 18 heteroatoms. The van der Waals surface area contributed by atoms with Crippen LogP contribution in [0.3, 0.4) is 0 Å². The predicted molar refractivity (Wildman–Crippen MR) is 153 cm³/mol. The number of aliphatic hydroxyl groups excluding tert-OH is 5. The fourth-order valence-electron chi connectivity index (χ4n) is 5.51. The topological polar surface area (TPSA) is 325 Å². The highest BCUT2D eigenvalue weighted by Gasteiger charge is 2.51. The summed E-state index contributed by atoms with van der Waals surface area (Å²) in [7, 11) is 1.57. The lowest BCUT2D eigenvalue weighted by Gasteiger charge is -2.48. The molecule has 250 valence electrons. The minimum Gasteiger partial charge on any atom is -0.393 e. The first-order chi connectivity index (χ1) is 20.2. The van der Waals surface area contributed by atoms with Crippen LogP contribution in [0.15, 0.2) is 9.98 Å². The Labute approximate surface area is 250 Å². The molecule has 1 saturated carbocycles. The van der Waals surface area contributed by atoms with Crippen molar-refractivity contribution in [1.29, 1.82) is 0 Å². The van der Waals surface area contributed by atoms with Gasteiger partial charge >= 0.3 is 0 Å². The van der Waals surface area contributed by atoms with Gasteiger partial charge in [0.05, 0.1) is 44.0 Å². The van der Waals surface area contributed by atoms with E-state index in [0.29, 0.717) is 12.8 Å². The number of aliphatic hydroxyl groups is 6. The molecule has 2 aliphatic heterocycles. The maximum Gasteiger partial charge on any atom is 0.185 e. The second kappa shape index (κ2) is 15.6. The Morgan fingerprint density at radius 3 is 2.33 bits per heavy atom. The monoisotopic (exact) mass is 622 g/mol. The summed E-state index contributed by atoms with van der Waals surface area (Å²) >= 11 is 0. The van der Waals surface area contributed by atoms with Crippen molar-refractivity contribution in [1.82, 2.24) is 5.32 Å². The molecule has 17 N–H and O–H groups in total. The number of nitrogens with two attached hydrogens (primary N) is 5. The fraction of sp³-hybridized carbons (Fsp3) is 0.920. The summed E-state index contributed by atoms with van der Waals surface area (Å²) < 4.78 is 23.9. The van der Waals surface area contributed by atoms with Gasteiger partial charge in [0.1, 0.15) is 53.9 Å². The molecular formula is C25H50N8O10. The molecule has 0 aromatic heterocycles. The average Bonchev–Trinajstić information content (AvgIpc) is 2.97. The smallest absolute Gasteiger partial charge is 0.185 e. The first-order valence-electron chi connectivity index (χ1n) is 14.4. The van der Waals surface area contributed by atoms with Crippen LogP contribution in [0, 0.1) is 0 Å². The normalized spacial score (nSPS) is 42.9. The van der Waals surface area contributed by atoms with E-state index in [1.54, 1.807) is 7.05 Å². The Balaban J connectivity index is 1.81. The van der Waals surface area contributed by atoms with Crippen LogP contribution in [0.4, 0.5) is 0 Å². The van der Waals surface area contributed by atoms with Crippen LogP contribution in [-0.4, -0.2) is 161 Å². The summed E-state index contributed by atoms with van der Waals surface area (Å²) in [6.45, 7) is 0.636. The highest BCUT2D eigenvalue weighted by atomic mass is 16.7. The lowest BCUT2D eigenvalue weighted by Crippen LogP contribution is -2.67. The molecule has 3 fully saturated rings. The Hall–Kier alpha value is -1.62. The number of nitrogens with one attached hydrogen (secondary N) is 1. The number of rotatable bonds is 12. The van der Waals surface area contributed by atoms with Crippen LogP contribution in [0.5, 0.6) is 0 Å². The van der Waals surface area contributed by atoms with Gasteiger partial charge in [-0.2, -0.15) is 0 Å². The van der Waals surface area contributed by atoms with E-state index in [1.807, 2.05) is 0 Å². The molecule has 18 nitrogen and oxygen atoms in total. The van der Waals surface area contributed by atoms with Crippen LogP contribution >= 0.6 is 0 Å². The second-order valence-electron chi connectivity index (χ2n) is 11.6. The lowest BCUT2D eigenvalue weighted by molar-refractivity contribution is -0.306. The van der Waals surface area contributed by atoms with Crippen LogP contribution in [0.25, 0.3) is 0 Å². The van der Waals surface area contributed by atoms with Crippen molar-refractivity contribution in [2.24, 2.45) is 38.7 Å². The Morgan fingerprint density at radius 1 is 1.02 bits per heavy atom. The summed E-state index contributed by atoms with van der Waals surface area (Å²) in [5.41, 5.74) is 28.5. The van der Waals surface area contributed by atoms with Crippen molar-refractivity contribution in [3.05, 3.63) is 0 Å². The zero-order valence-corrected chi connectivity index (χ0v) is 24.6. The number of likely N-dealkylation sites (N-methyl/N-ethyl adjacent to an activating group) is 1. The van der Waals surface area contributed by atoms with Gasteiger partial charge in [0.25, 0.3) is 0 Å². The van der Waals surface area contributed by atoms with Gasteiger partial charge in [-0.1, -0.05) is 0 Å². The number of hydrogen-bond acceptors (Lipinski definition) is 16. The quantitative estimate of drug-likeness (QED) is 0.0710. The molecule has 0 spiro atoms.